The van der Waals surface area contributed by atoms with Crippen LogP contribution in [0.5, 0.6) is 0 Å². The Morgan fingerprint density at radius 1 is 1.38 bits per heavy atom. The topological polar surface area (TPSA) is 75.4 Å². The summed E-state index contributed by atoms with van der Waals surface area (Å²) in [5.74, 6) is -1.74. The Bertz CT molecular complexity index is 995. The summed E-state index contributed by atoms with van der Waals surface area (Å²) in [7, 11) is 1.61. The second-order valence-corrected chi connectivity index (χ2v) is 7.70. The molecule has 1 atom stereocenters. The van der Waals surface area contributed by atoms with Gasteiger partial charge in [-0.05, 0) is 31.2 Å². The molecule has 1 aromatic carbocycles. The van der Waals surface area contributed by atoms with Crippen LogP contribution < -0.4 is 0 Å². The zero-order valence-electron chi connectivity index (χ0n) is 14.6. The number of benzene rings is 1. The standard InChI is InChI=1S/C18H18ClN3O3S/c1-10(18(24)25)9-21(3)16(23)15-8-14-11(2)20-22(17(14)26-15)13-6-4-5-12(19)7-13/h4-8,10H,9H2,1-3H3,(H,24,25). The van der Waals surface area contributed by atoms with Gasteiger partial charge in [0.15, 0.2) is 0 Å². The number of carbonyl (C=O) groups is 2. The number of fused-ring (bicyclic) bond motifs is 1. The number of aryl methyl sites for hydroxylation is 1. The molecule has 1 amide bonds. The molecule has 0 aliphatic carbocycles. The van der Waals surface area contributed by atoms with Gasteiger partial charge < -0.3 is 10.0 Å². The van der Waals surface area contributed by atoms with E-state index in [1.54, 1.807) is 24.7 Å². The number of carboxylic acids is 1. The number of carboxylic acid groups (broad SMARTS) is 1. The van der Waals surface area contributed by atoms with Gasteiger partial charge in [-0.25, -0.2) is 4.68 Å². The number of hydrogen-bond acceptors (Lipinski definition) is 4. The number of halogens is 1. The first-order valence-corrected chi connectivity index (χ1v) is 9.20. The molecule has 0 aliphatic rings. The van der Waals surface area contributed by atoms with Crippen LogP contribution in [-0.2, 0) is 4.79 Å². The highest BCUT2D eigenvalue weighted by Gasteiger charge is 2.22. The van der Waals surface area contributed by atoms with Crippen molar-refractivity contribution in [3.63, 3.8) is 0 Å². The van der Waals surface area contributed by atoms with Crippen LogP contribution in [0.1, 0.15) is 22.3 Å². The quantitative estimate of drug-likeness (QED) is 0.716. The van der Waals surface area contributed by atoms with Gasteiger partial charge in [0.1, 0.15) is 4.83 Å². The lowest BCUT2D eigenvalue weighted by molar-refractivity contribution is -0.141. The Kier molecular flexibility index (Phi) is 5.02. The summed E-state index contributed by atoms with van der Waals surface area (Å²) in [6, 6.07) is 9.17. The third kappa shape index (κ3) is 3.45. The molecule has 0 bridgehead atoms. The number of aromatic nitrogens is 2. The van der Waals surface area contributed by atoms with Crippen molar-refractivity contribution in [2.24, 2.45) is 5.92 Å². The maximum Gasteiger partial charge on any atom is 0.308 e. The molecule has 136 valence electrons. The van der Waals surface area contributed by atoms with E-state index < -0.39 is 11.9 Å². The fourth-order valence-corrected chi connectivity index (χ4v) is 4.06. The van der Waals surface area contributed by atoms with E-state index >= 15 is 0 Å². The van der Waals surface area contributed by atoms with Crippen molar-refractivity contribution < 1.29 is 14.7 Å². The fourth-order valence-electron chi connectivity index (χ4n) is 2.70. The molecule has 1 unspecified atom stereocenters. The Labute approximate surface area is 159 Å². The minimum absolute atomic E-state index is 0.155. The van der Waals surface area contributed by atoms with Crippen LogP contribution in [0.15, 0.2) is 30.3 Å². The highest BCUT2D eigenvalue weighted by atomic mass is 35.5. The predicted molar refractivity (Wildman–Crippen MR) is 102 cm³/mol. The number of rotatable bonds is 5. The zero-order valence-corrected chi connectivity index (χ0v) is 16.1. The van der Waals surface area contributed by atoms with Crippen LogP contribution in [0, 0.1) is 12.8 Å². The summed E-state index contributed by atoms with van der Waals surface area (Å²) in [5.41, 5.74) is 1.64. The number of aliphatic carboxylic acids is 1. The second-order valence-electron chi connectivity index (χ2n) is 6.23. The lowest BCUT2D eigenvalue weighted by Gasteiger charge is -2.18. The number of amides is 1. The van der Waals surface area contributed by atoms with Gasteiger partial charge in [-0.3, -0.25) is 9.59 Å². The molecule has 2 heterocycles. The lowest BCUT2D eigenvalue weighted by Crippen LogP contribution is -2.33. The third-order valence-corrected chi connectivity index (χ3v) is 5.46. The maximum absolute atomic E-state index is 12.7. The summed E-state index contributed by atoms with van der Waals surface area (Å²) < 4.78 is 1.78. The molecule has 0 saturated carbocycles. The minimum Gasteiger partial charge on any atom is -0.481 e. The zero-order chi connectivity index (χ0) is 19.0. The molecule has 0 saturated heterocycles. The monoisotopic (exact) mass is 391 g/mol. The van der Waals surface area contributed by atoms with E-state index in [1.165, 1.54) is 16.2 Å². The molecule has 0 spiro atoms. The van der Waals surface area contributed by atoms with Crippen molar-refractivity contribution >= 4 is 45.0 Å². The SMILES string of the molecule is Cc1nn(-c2cccc(Cl)c2)c2sc(C(=O)N(C)CC(C)C(=O)O)cc12. The van der Waals surface area contributed by atoms with Gasteiger partial charge in [0, 0.05) is 24.0 Å². The van der Waals surface area contributed by atoms with Crippen molar-refractivity contribution in [3.05, 3.63) is 45.9 Å². The van der Waals surface area contributed by atoms with Crippen LogP contribution in [0.2, 0.25) is 5.02 Å². The van der Waals surface area contributed by atoms with Crippen LogP contribution in [0.4, 0.5) is 0 Å². The average molecular weight is 392 g/mol. The Morgan fingerprint density at radius 3 is 2.77 bits per heavy atom. The number of carbonyl (C=O) groups excluding carboxylic acids is 1. The molecular weight excluding hydrogens is 374 g/mol. The molecule has 8 heteroatoms. The molecule has 0 radical (unpaired) electrons. The molecule has 0 aliphatic heterocycles. The van der Waals surface area contributed by atoms with Gasteiger partial charge in [0.2, 0.25) is 0 Å². The fraction of sp³-hybridized carbons (Fsp3) is 0.278. The van der Waals surface area contributed by atoms with E-state index in [2.05, 4.69) is 5.10 Å². The first kappa shape index (κ1) is 18.4. The molecule has 3 aromatic rings. The number of nitrogens with zero attached hydrogens (tertiary/aromatic N) is 3. The van der Waals surface area contributed by atoms with Crippen molar-refractivity contribution in [1.82, 2.24) is 14.7 Å². The van der Waals surface area contributed by atoms with Crippen molar-refractivity contribution in [2.45, 2.75) is 13.8 Å². The van der Waals surface area contributed by atoms with Gasteiger partial charge in [-0.1, -0.05) is 24.6 Å². The molecular formula is C18H18ClN3O3S. The number of thiophene rings is 1. The van der Waals surface area contributed by atoms with E-state index in [9.17, 15) is 9.59 Å². The molecule has 6 nitrogen and oxygen atoms in total. The molecule has 0 fully saturated rings. The van der Waals surface area contributed by atoms with Gasteiger partial charge >= 0.3 is 5.97 Å². The second kappa shape index (κ2) is 7.09. The van der Waals surface area contributed by atoms with E-state index in [4.69, 9.17) is 16.7 Å². The lowest BCUT2D eigenvalue weighted by atomic mass is 10.2. The van der Waals surface area contributed by atoms with Crippen LogP contribution in [0.3, 0.4) is 0 Å². The van der Waals surface area contributed by atoms with E-state index in [0.29, 0.717) is 9.90 Å². The average Bonchev–Trinajstić information content (AvgIpc) is 3.14. The van der Waals surface area contributed by atoms with Gasteiger partial charge in [0.05, 0.1) is 22.2 Å². The van der Waals surface area contributed by atoms with Gasteiger partial charge in [0.25, 0.3) is 5.91 Å². The third-order valence-electron chi connectivity index (χ3n) is 4.12. The maximum atomic E-state index is 12.7. The van der Waals surface area contributed by atoms with Crippen molar-refractivity contribution in [2.75, 3.05) is 13.6 Å². The largest absolute Gasteiger partial charge is 0.481 e. The molecule has 1 N–H and O–H groups in total. The molecule has 26 heavy (non-hydrogen) atoms. The van der Waals surface area contributed by atoms with Gasteiger partial charge in [-0.15, -0.1) is 11.3 Å². The Morgan fingerprint density at radius 2 is 2.12 bits per heavy atom. The summed E-state index contributed by atoms with van der Waals surface area (Å²) in [6.07, 6.45) is 0. The van der Waals surface area contributed by atoms with E-state index in [-0.39, 0.29) is 12.5 Å². The minimum atomic E-state index is -0.923. The van der Waals surface area contributed by atoms with Crippen molar-refractivity contribution in [1.29, 1.82) is 0 Å². The first-order valence-electron chi connectivity index (χ1n) is 8.01. The Balaban J connectivity index is 1.96. The summed E-state index contributed by atoms with van der Waals surface area (Å²) in [6.45, 7) is 3.63. The highest BCUT2D eigenvalue weighted by Crippen LogP contribution is 2.31. The summed E-state index contributed by atoms with van der Waals surface area (Å²) in [4.78, 5) is 26.5. The first-order chi connectivity index (χ1) is 12.3. The Hall–Kier alpha value is -2.38. The summed E-state index contributed by atoms with van der Waals surface area (Å²) in [5, 5.41) is 15.1. The predicted octanol–water partition coefficient (Wildman–Crippen LogP) is 3.84. The normalized spacial score (nSPS) is 12.3. The van der Waals surface area contributed by atoms with Crippen molar-refractivity contribution in [3.8, 4) is 5.69 Å². The highest BCUT2D eigenvalue weighted by molar-refractivity contribution is 7.20. The molecule has 3 rings (SSSR count). The smallest absolute Gasteiger partial charge is 0.308 e. The summed E-state index contributed by atoms with van der Waals surface area (Å²) >= 11 is 7.41. The number of hydrogen-bond donors (Lipinski definition) is 1. The van der Waals surface area contributed by atoms with E-state index in [1.807, 2.05) is 31.2 Å². The van der Waals surface area contributed by atoms with Crippen LogP contribution >= 0.6 is 22.9 Å². The van der Waals surface area contributed by atoms with Gasteiger partial charge in [-0.2, -0.15) is 5.10 Å². The van der Waals surface area contributed by atoms with E-state index in [0.717, 1.165) is 21.6 Å². The van der Waals surface area contributed by atoms with Crippen LogP contribution in [0.25, 0.3) is 15.9 Å². The molecule has 2 aromatic heterocycles. The van der Waals surface area contributed by atoms with Crippen LogP contribution in [-0.4, -0.2) is 45.3 Å².